The highest BCUT2D eigenvalue weighted by molar-refractivity contribution is 7.78. The average Bonchev–Trinajstić information content (AvgIpc) is 1.98. The van der Waals surface area contributed by atoms with Gasteiger partial charge >= 0.3 is 11.4 Å². The normalized spacial score (nSPS) is 10.0. The van der Waals surface area contributed by atoms with E-state index in [4.69, 9.17) is 0 Å². The number of nitrogens with zero attached hydrogens (tertiary/aromatic N) is 2. The van der Waals surface area contributed by atoms with Gasteiger partial charge < -0.3 is 0 Å². The van der Waals surface area contributed by atoms with Crippen LogP contribution in [0.15, 0.2) is 9.59 Å². The topological polar surface area (TPSA) is 59.8 Å². The fraction of sp³-hybridized carbons (Fsp3) is 0.333. The summed E-state index contributed by atoms with van der Waals surface area (Å²) in [6.45, 7) is 0. The van der Waals surface area contributed by atoms with Crippen LogP contribution in [0.2, 0.25) is 0 Å². The minimum Gasteiger partial charge on any atom is -0.256 e. The minimum atomic E-state index is -0.522. The van der Waals surface area contributed by atoms with Gasteiger partial charge in [0.25, 0.3) is 0 Å². The first-order valence-corrected chi connectivity index (χ1v) is 2.60. The summed E-state index contributed by atoms with van der Waals surface area (Å²) >= 11 is 3.67. The number of H-pyrrole nitrogens is 1. The molecule has 1 aromatic heterocycles. The van der Waals surface area contributed by atoms with Crippen LogP contribution >= 0.6 is 12.8 Å². The number of rotatable bonds is 0. The van der Waals surface area contributed by atoms with Crippen LogP contribution in [0.1, 0.15) is 0 Å². The predicted octanol–water partition coefficient (Wildman–Crippen LogP) is -1.43. The lowest BCUT2D eigenvalue weighted by Crippen LogP contribution is -2.16. The Labute approximate surface area is 55.4 Å². The van der Waals surface area contributed by atoms with Gasteiger partial charge in [-0.1, -0.05) is 0 Å². The molecule has 0 aromatic carbocycles. The second kappa shape index (κ2) is 1.80. The van der Waals surface area contributed by atoms with Crippen LogP contribution in [0.25, 0.3) is 0 Å². The van der Waals surface area contributed by atoms with Gasteiger partial charge in [0.2, 0.25) is 0 Å². The maximum absolute atomic E-state index is 10.5. The van der Waals surface area contributed by atoms with Gasteiger partial charge in [-0.05, 0) is 12.8 Å². The molecular formula is C3H5N3O2S. The molecule has 50 valence electrons. The molecule has 0 saturated heterocycles. The summed E-state index contributed by atoms with van der Waals surface area (Å²) in [6.07, 6.45) is 0. The van der Waals surface area contributed by atoms with Crippen LogP contribution in [0, 0.1) is 0 Å². The molecule has 0 atom stereocenters. The number of hydrogen-bond acceptors (Lipinski definition) is 3. The molecular weight excluding hydrogens is 142 g/mol. The first-order valence-electron chi connectivity index (χ1n) is 2.20. The zero-order valence-corrected chi connectivity index (χ0v) is 5.55. The highest BCUT2D eigenvalue weighted by Gasteiger charge is 1.97. The number of hydrogen-bond donors (Lipinski definition) is 2. The first-order chi connectivity index (χ1) is 4.13. The van der Waals surface area contributed by atoms with Crippen LogP contribution in [-0.4, -0.2) is 13.8 Å². The third-order valence-electron chi connectivity index (χ3n) is 0.974. The van der Waals surface area contributed by atoms with Crippen LogP contribution in [-0.2, 0) is 7.05 Å². The monoisotopic (exact) mass is 147 g/mol. The first kappa shape index (κ1) is 6.21. The van der Waals surface area contributed by atoms with Gasteiger partial charge in [0.05, 0.1) is 0 Å². The summed E-state index contributed by atoms with van der Waals surface area (Å²) < 4.78 is 1.95. The Morgan fingerprint density at radius 1 is 1.44 bits per heavy atom. The van der Waals surface area contributed by atoms with E-state index in [-0.39, 0.29) is 0 Å². The molecule has 0 aliphatic heterocycles. The van der Waals surface area contributed by atoms with Crippen molar-refractivity contribution in [1.29, 1.82) is 0 Å². The van der Waals surface area contributed by atoms with Crippen LogP contribution in [0.4, 0.5) is 0 Å². The number of thiol groups is 1. The third kappa shape index (κ3) is 0.807. The molecule has 0 radical (unpaired) electrons. The van der Waals surface area contributed by atoms with E-state index in [0.29, 0.717) is 0 Å². The zero-order valence-electron chi connectivity index (χ0n) is 4.66. The Morgan fingerprint density at radius 2 is 2.00 bits per heavy atom. The van der Waals surface area contributed by atoms with Gasteiger partial charge in [-0.25, -0.2) is 14.3 Å². The van der Waals surface area contributed by atoms with Crippen molar-refractivity contribution in [3.05, 3.63) is 21.0 Å². The van der Waals surface area contributed by atoms with E-state index in [1.54, 1.807) is 0 Å². The smallest absolute Gasteiger partial charge is 0.256 e. The molecule has 6 heteroatoms. The number of nitrogens with one attached hydrogen (secondary N) is 1. The molecule has 0 spiro atoms. The van der Waals surface area contributed by atoms with Gasteiger partial charge in [-0.15, -0.1) is 0 Å². The van der Waals surface area contributed by atoms with E-state index < -0.39 is 11.4 Å². The molecule has 1 heterocycles. The van der Waals surface area contributed by atoms with Crippen LogP contribution in [0.5, 0.6) is 0 Å². The van der Waals surface area contributed by atoms with Crippen molar-refractivity contribution < 1.29 is 0 Å². The van der Waals surface area contributed by atoms with E-state index in [9.17, 15) is 9.59 Å². The number of aromatic nitrogens is 3. The Hall–Kier alpha value is -0.910. The predicted molar refractivity (Wildman–Crippen MR) is 34.7 cm³/mol. The Balaban J connectivity index is 3.67. The van der Waals surface area contributed by atoms with E-state index in [2.05, 4.69) is 12.8 Å². The summed E-state index contributed by atoms with van der Waals surface area (Å²) in [4.78, 5) is 23.0. The molecule has 0 bridgehead atoms. The molecule has 1 aromatic rings. The quantitative estimate of drug-likeness (QED) is 0.442. The highest BCUT2D eigenvalue weighted by atomic mass is 32.1. The maximum Gasteiger partial charge on any atom is 0.354 e. The van der Waals surface area contributed by atoms with E-state index in [0.717, 1.165) is 8.77 Å². The van der Waals surface area contributed by atoms with Gasteiger partial charge in [0, 0.05) is 7.05 Å². The van der Waals surface area contributed by atoms with Crippen molar-refractivity contribution >= 4 is 12.8 Å². The summed E-state index contributed by atoms with van der Waals surface area (Å²) in [5.74, 6) is 0. The second-order valence-electron chi connectivity index (χ2n) is 1.55. The average molecular weight is 147 g/mol. The van der Waals surface area contributed by atoms with Crippen molar-refractivity contribution in [2.75, 3.05) is 0 Å². The molecule has 0 amide bonds. The summed E-state index contributed by atoms with van der Waals surface area (Å²) in [6, 6.07) is 0. The molecule has 1 N–H and O–H groups in total. The van der Waals surface area contributed by atoms with E-state index >= 15 is 0 Å². The third-order valence-corrected chi connectivity index (χ3v) is 1.42. The fourth-order valence-corrected chi connectivity index (χ4v) is 0.576. The Bertz CT molecular complexity index is 288. The summed E-state index contributed by atoms with van der Waals surface area (Å²) in [7, 11) is 1.44. The van der Waals surface area contributed by atoms with E-state index in [1.165, 1.54) is 7.05 Å². The standard InChI is InChI=1S/C3H5N3O2S/c1-5-2(7)4-3(8)6(5)9/h9H,1H3,(H,4,7,8). The molecule has 0 saturated carbocycles. The van der Waals surface area contributed by atoms with Gasteiger partial charge in [-0.3, -0.25) is 4.98 Å². The van der Waals surface area contributed by atoms with Gasteiger partial charge in [-0.2, -0.15) is 4.09 Å². The molecule has 0 aliphatic carbocycles. The SMILES string of the molecule is Cn1c(=O)[nH]c(=O)n1S. The zero-order chi connectivity index (χ0) is 7.02. The molecule has 0 fully saturated rings. The molecule has 1 rings (SSSR count). The summed E-state index contributed by atoms with van der Waals surface area (Å²) in [5.41, 5.74) is -0.985. The lowest BCUT2D eigenvalue weighted by molar-refractivity contribution is 0.693. The Kier molecular flexibility index (Phi) is 1.24. The molecule has 0 aliphatic rings. The van der Waals surface area contributed by atoms with Gasteiger partial charge in [0.15, 0.2) is 0 Å². The van der Waals surface area contributed by atoms with Crippen LogP contribution < -0.4 is 11.4 Å². The highest BCUT2D eigenvalue weighted by Crippen LogP contribution is 1.70. The molecule has 9 heavy (non-hydrogen) atoms. The summed E-state index contributed by atoms with van der Waals surface area (Å²) in [5, 5.41) is 0. The van der Waals surface area contributed by atoms with Crippen molar-refractivity contribution in [2.45, 2.75) is 0 Å². The minimum absolute atomic E-state index is 0.463. The maximum atomic E-state index is 10.5. The largest absolute Gasteiger partial charge is 0.354 e. The lowest BCUT2D eigenvalue weighted by atomic mass is 11.2. The van der Waals surface area contributed by atoms with Crippen molar-refractivity contribution in [3.63, 3.8) is 0 Å². The molecule has 5 nitrogen and oxygen atoms in total. The van der Waals surface area contributed by atoms with Gasteiger partial charge in [0.1, 0.15) is 0 Å². The van der Waals surface area contributed by atoms with Crippen LogP contribution in [0.3, 0.4) is 0 Å². The Morgan fingerprint density at radius 3 is 2.11 bits per heavy atom. The van der Waals surface area contributed by atoms with Crippen molar-refractivity contribution in [2.24, 2.45) is 7.05 Å². The number of aromatic amines is 1. The van der Waals surface area contributed by atoms with Crippen molar-refractivity contribution in [1.82, 2.24) is 13.8 Å². The second-order valence-corrected chi connectivity index (χ2v) is 1.93. The van der Waals surface area contributed by atoms with Crippen molar-refractivity contribution in [3.8, 4) is 0 Å². The lowest BCUT2D eigenvalue weighted by Gasteiger charge is -1.89. The molecule has 0 unspecified atom stereocenters. The van der Waals surface area contributed by atoms with E-state index in [1.807, 2.05) is 4.98 Å². The fourth-order valence-electron chi connectivity index (χ4n) is 0.445.